The van der Waals surface area contributed by atoms with Crippen molar-refractivity contribution in [2.24, 2.45) is 0 Å². The standard InChI is InChI=1S/C7H9BrN2O2S/c1-5(2)13(11,12)7-4-9-6(8)3-10-7/h3-5H,1-2H3. The maximum absolute atomic E-state index is 11.5. The Kier molecular flexibility index (Phi) is 3.02. The lowest BCUT2D eigenvalue weighted by molar-refractivity contribution is 0.582. The lowest BCUT2D eigenvalue weighted by atomic mass is 10.6. The first-order chi connectivity index (χ1) is 5.94. The maximum atomic E-state index is 11.5. The molecule has 0 fully saturated rings. The molecule has 0 atom stereocenters. The summed E-state index contributed by atoms with van der Waals surface area (Å²) in [6, 6.07) is 0. The minimum atomic E-state index is -3.29. The summed E-state index contributed by atoms with van der Waals surface area (Å²) in [4.78, 5) is 7.58. The van der Waals surface area contributed by atoms with Crippen molar-refractivity contribution in [3.05, 3.63) is 17.0 Å². The molecule has 0 aliphatic carbocycles. The summed E-state index contributed by atoms with van der Waals surface area (Å²) >= 11 is 3.08. The molecule has 72 valence electrons. The average molecular weight is 265 g/mol. The van der Waals surface area contributed by atoms with Crippen molar-refractivity contribution in [3.63, 3.8) is 0 Å². The molecule has 1 aromatic heterocycles. The molecule has 4 nitrogen and oxygen atoms in total. The maximum Gasteiger partial charge on any atom is 0.199 e. The Balaban J connectivity index is 3.17. The highest BCUT2D eigenvalue weighted by atomic mass is 79.9. The minimum Gasteiger partial charge on any atom is -0.245 e. The van der Waals surface area contributed by atoms with E-state index < -0.39 is 15.1 Å². The van der Waals surface area contributed by atoms with Crippen LogP contribution < -0.4 is 0 Å². The van der Waals surface area contributed by atoms with Crippen molar-refractivity contribution in [2.45, 2.75) is 24.1 Å². The van der Waals surface area contributed by atoms with Crippen molar-refractivity contribution in [3.8, 4) is 0 Å². The zero-order valence-electron chi connectivity index (χ0n) is 7.23. The molecule has 0 amide bonds. The van der Waals surface area contributed by atoms with Crippen molar-refractivity contribution >= 4 is 25.8 Å². The van der Waals surface area contributed by atoms with Crippen LogP contribution >= 0.6 is 15.9 Å². The van der Waals surface area contributed by atoms with Crippen LogP contribution in [0.2, 0.25) is 0 Å². The zero-order chi connectivity index (χ0) is 10.1. The molecule has 0 saturated carbocycles. The van der Waals surface area contributed by atoms with E-state index in [1.54, 1.807) is 13.8 Å². The lowest BCUT2D eigenvalue weighted by Gasteiger charge is -2.05. The summed E-state index contributed by atoms with van der Waals surface area (Å²) in [6.45, 7) is 3.22. The predicted molar refractivity (Wildman–Crippen MR) is 52.1 cm³/mol. The third-order valence-electron chi connectivity index (χ3n) is 1.51. The molecular weight excluding hydrogens is 256 g/mol. The molecular formula is C7H9BrN2O2S. The van der Waals surface area contributed by atoms with Gasteiger partial charge in [0.15, 0.2) is 14.9 Å². The Morgan fingerprint density at radius 2 is 1.92 bits per heavy atom. The van der Waals surface area contributed by atoms with Crippen LogP contribution in [-0.2, 0) is 9.84 Å². The Hall–Kier alpha value is -0.490. The summed E-state index contributed by atoms with van der Waals surface area (Å²) in [7, 11) is -3.29. The van der Waals surface area contributed by atoms with Crippen LogP contribution in [0.4, 0.5) is 0 Å². The molecule has 0 N–H and O–H groups in total. The normalized spacial score (nSPS) is 12.0. The molecule has 0 bridgehead atoms. The van der Waals surface area contributed by atoms with Gasteiger partial charge >= 0.3 is 0 Å². The highest BCUT2D eigenvalue weighted by molar-refractivity contribution is 9.10. The third-order valence-corrected chi connectivity index (χ3v) is 3.95. The van der Waals surface area contributed by atoms with Gasteiger partial charge < -0.3 is 0 Å². The summed E-state index contributed by atoms with van der Waals surface area (Å²) in [5, 5.41) is -0.450. The van der Waals surface area contributed by atoms with Crippen LogP contribution in [0, 0.1) is 0 Å². The number of nitrogens with zero attached hydrogens (tertiary/aromatic N) is 2. The molecule has 13 heavy (non-hydrogen) atoms. The van der Waals surface area contributed by atoms with Crippen LogP contribution in [0.5, 0.6) is 0 Å². The van der Waals surface area contributed by atoms with Gasteiger partial charge in [0, 0.05) is 0 Å². The van der Waals surface area contributed by atoms with Gasteiger partial charge in [-0.3, -0.25) is 0 Å². The fourth-order valence-electron chi connectivity index (χ4n) is 0.689. The summed E-state index contributed by atoms with van der Waals surface area (Å²) < 4.78 is 23.6. The average Bonchev–Trinajstić information content (AvgIpc) is 2.04. The number of halogens is 1. The van der Waals surface area contributed by atoms with Crippen LogP contribution in [0.25, 0.3) is 0 Å². The quantitative estimate of drug-likeness (QED) is 0.811. The molecule has 0 saturated heterocycles. The second kappa shape index (κ2) is 3.71. The van der Waals surface area contributed by atoms with Crippen LogP contribution in [0.3, 0.4) is 0 Å². The first-order valence-corrected chi connectivity index (χ1v) is 6.00. The van der Waals surface area contributed by atoms with E-state index in [1.165, 1.54) is 12.4 Å². The fraction of sp³-hybridized carbons (Fsp3) is 0.429. The largest absolute Gasteiger partial charge is 0.245 e. The molecule has 1 aromatic rings. The monoisotopic (exact) mass is 264 g/mol. The Bertz CT molecular complexity index is 385. The van der Waals surface area contributed by atoms with Crippen molar-refractivity contribution < 1.29 is 8.42 Å². The van der Waals surface area contributed by atoms with Gasteiger partial charge in [-0.05, 0) is 29.8 Å². The smallest absolute Gasteiger partial charge is 0.199 e. The van der Waals surface area contributed by atoms with E-state index in [1.807, 2.05) is 0 Å². The van der Waals surface area contributed by atoms with E-state index in [-0.39, 0.29) is 5.03 Å². The number of sulfone groups is 1. The van der Waals surface area contributed by atoms with Crippen LogP contribution in [0.1, 0.15) is 13.8 Å². The Labute approximate surface area is 85.5 Å². The van der Waals surface area contributed by atoms with Crippen molar-refractivity contribution in [1.29, 1.82) is 0 Å². The molecule has 0 radical (unpaired) electrons. The third kappa shape index (κ3) is 2.25. The Morgan fingerprint density at radius 3 is 2.31 bits per heavy atom. The number of aromatic nitrogens is 2. The van der Waals surface area contributed by atoms with Gasteiger partial charge in [0.2, 0.25) is 0 Å². The molecule has 6 heteroatoms. The van der Waals surface area contributed by atoms with E-state index in [4.69, 9.17) is 0 Å². The molecule has 0 aliphatic heterocycles. The van der Waals surface area contributed by atoms with Crippen LogP contribution in [-0.4, -0.2) is 23.6 Å². The molecule has 0 aliphatic rings. The van der Waals surface area contributed by atoms with Gasteiger partial charge in [-0.25, -0.2) is 18.4 Å². The predicted octanol–water partition coefficient (Wildman–Crippen LogP) is 1.42. The van der Waals surface area contributed by atoms with E-state index in [9.17, 15) is 8.42 Å². The van der Waals surface area contributed by atoms with Gasteiger partial charge in [0.25, 0.3) is 0 Å². The summed E-state index contributed by atoms with van der Waals surface area (Å²) in [5.74, 6) is 0. The Morgan fingerprint density at radius 1 is 1.31 bits per heavy atom. The lowest BCUT2D eigenvalue weighted by Crippen LogP contribution is -2.15. The fourth-order valence-corrected chi connectivity index (χ4v) is 1.78. The second-order valence-electron chi connectivity index (χ2n) is 2.77. The van der Waals surface area contributed by atoms with Gasteiger partial charge in [-0.1, -0.05) is 0 Å². The van der Waals surface area contributed by atoms with E-state index in [2.05, 4.69) is 25.9 Å². The minimum absolute atomic E-state index is 0.0192. The first-order valence-electron chi connectivity index (χ1n) is 3.66. The van der Waals surface area contributed by atoms with E-state index >= 15 is 0 Å². The molecule has 0 spiro atoms. The first kappa shape index (κ1) is 10.6. The van der Waals surface area contributed by atoms with Crippen molar-refractivity contribution in [1.82, 2.24) is 9.97 Å². The number of hydrogen-bond acceptors (Lipinski definition) is 4. The molecule has 0 unspecified atom stereocenters. The van der Waals surface area contributed by atoms with Gasteiger partial charge in [0.1, 0.15) is 4.60 Å². The molecule has 1 heterocycles. The molecule has 0 aromatic carbocycles. The summed E-state index contributed by atoms with van der Waals surface area (Å²) in [5.41, 5.74) is 0. The van der Waals surface area contributed by atoms with Gasteiger partial charge in [-0.2, -0.15) is 0 Å². The van der Waals surface area contributed by atoms with E-state index in [0.717, 1.165) is 0 Å². The number of rotatable bonds is 2. The second-order valence-corrected chi connectivity index (χ2v) is 6.03. The topological polar surface area (TPSA) is 59.9 Å². The van der Waals surface area contributed by atoms with E-state index in [0.29, 0.717) is 4.60 Å². The SMILES string of the molecule is CC(C)S(=O)(=O)c1cnc(Br)cn1. The van der Waals surface area contributed by atoms with Crippen LogP contribution in [0.15, 0.2) is 22.0 Å². The van der Waals surface area contributed by atoms with Crippen molar-refractivity contribution in [2.75, 3.05) is 0 Å². The summed E-state index contributed by atoms with van der Waals surface area (Å²) in [6.07, 6.45) is 2.62. The highest BCUT2D eigenvalue weighted by Crippen LogP contribution is 2.13. The molecule has 1 rings (SSSR count). The van der Waals surface area contributed by atoms with Gasteiger partial charge in [0.05, 0.1) is 17.6 Å². The number of hydrogen-bond donors (Lipinski definition) is 0. The van der Waals surface area contributed by atoms with Gasteiger partial charge in [-0.15, -0.1) is 0 Å². The highest BCUT2D eigenvalue weighted by Gasteiger charge is 2.20. The zero-order valence-corrected chi connectivity index (χ0v) is 9.63.